The number of aromatic nitrogens is 1. The zero-order valence-electron chi connectivity index (χ0n) is 14.5. The van der Waals surface area contributed by atoms with Crippen molar-refractivity contribution in [2.24, 2.45) is 22.7 Å². The molecule has 1 N–H and O–H groups in total. The Bertz CT molecular complexity index is 790. The van der Waals surface area contributed by atoms with Crippen LogP contribution in [0.15, 0.2) is 59.7 Å². The number of rotatable bonds is 4. The maximum Gasteiger partial charge on any atom is 0.251 e. The van der Waals surface area contributed by atoms with Crippen molar-refractivity contribution in [3.05, 3.63) is 65.8 Å². The Balaban J connectivity index is 1.49. The van der Waals surface area contributed by atoms with Gasteiger partial charge in [0.15, 0.2) is 0 Å². The van der Waals surface area contributed by atoms with Gasteiger partial charge in [-0.2, -0.15) is 4.99 Å². The van der Waals surface area contributed by atoms with Crippen LogP contribution in [0, 0.1) is 17.8 Å². The maximum absolute atomic E-state index is 12.6. The molecule has 2 fully saturated rings. The average molecular weight is 335 g/mol. The molecule has 4 heteroatoms. The van der Waals surface area contributed by atoms with E-state index in [2.05, 4.69) is 27.0 Å². The van der Waals surface area contributed by atoms with Gasteiger partial charge >= 0.3 is 0 Å². The smallest absolute Gasteiger partial charge is 0.251 e. The fraction of sp³-hybridized carbons (Fsp3) is 0.429. The summed E-state index contributed by atoms with van der Waals surface area (Å²) in [5.74, 6) is 1.48. The van der Waals surface area contributed by atoms with E-state index in [1.807, 2.05) is 42.6 Å². The minimum absolute atomic E-state index is 0.0662. The summed E-state index contributed by atoms with van der Waals surface area (Å²) in [6.07, 6.45) is 5.43. The lowest BCUT2D eigenvalue weighted by atomic mass is 9.92. The van der Waals surface area contributed by atoms with E-state index in [9.17, 15) is 4.79 Å². The Morgan fingerprint density at radius 3 is 2.64 bits per heavy atom. The van der Waals surface area contributed by atoms with E-state index in [1.165, 1.54) is 18.4 Å². The second kappa shape index (κ2) is 7.36. The lowest BCUT2D eigenvalue weighted by Gasteiger charge is -2.22. The van der Waals surface area contributed by atoms with Crippen molar-refractivity contribution in [1.82, 2.24) is 9.88 Å². The van der Waals surface area contributed by atoms with Crippen molar-refractivity contribution < 1.29 is 4.79 Å². The quantitative estimate of drug-likeness (QED) is 0.933. The van der Waals surface area contributed by atoms with Gasteiger partial charge < -0.3 is 9.88 Å². The predicted octanol–water partition coefficient (Wildman–Crippen LogP) is 2.60. The number of carbonyl (C=O) groups excluding carboxylic acids is 1. The molecule has 25 heavy (non-hydrogen) atoms. The standard InChI is InChI=1S/C21H25N3O/c25-21(19-14-18(19)17-9-11-22-12-10-17)23-20-8-4-5-13-24(20)15-16-6-2-1-3-7-16/h1-8,13,17-19,22H,9-12,14-15H2/t18-,19+/m0/s1. The SMILES string of the molecule is O=C(N=c1ccccn1Cc1ccccc1)[C@@H]1C[C@H]1C1CCNCC1. The number of hydrogen-bond acceptors (Lipinski definition) is 2. The molecule has 0 radical (unpaired) electrons. The van der Waals surface area contributed by atoms with E-state index in [-0.39, 0.29) is 11.8 Å². The highest BCUT2D eigenvalue weighted by Gasteiger charge is 2.47. The summed E-state index contributed by atoms with van der Waals surface area (Å²) in [5.41, 5.74) is 1.97. The van der Waals surface area contributed by atoms with E-state index in [1.54, 1.807) is 0 Å². The van der Waals surface area contributed by atoms with Crippen molar-refractivity contribution in [3.63, 3.8) is 0 Å². The van der Waals surface area contributed by atoms with Gasteiger partial charge in [0.1, 0.15) is 5.49 Å². The number of piperidine rings is 1. The topological polar surface area (TPSA) is 46.4 Å². The van der Waals surface area contributed by atoms with E-state index in [0.29, 0.717) is 11.8 Å². The zero-order chi connectivity index (χ0) is 17.1. The van der Waals surface area contributed by atoms with Crippen molar-refractivity contribution >= 4 is 5.91 Å². The van der Waals surface area contributed by atoms with Crippen molar-refractivity contribution in [1.29, 1.82) is 0 Å². The molecule has 1 aliphatic heterocycles. The summed E-state index contributed by atoms with van der Waals surface area (Å²) < 4.78 is 2.05. The molecule has 2 aliphatic rings. The first-order valence-electron chi connectivity index (χ1n) is 9.30. The molecule has 4 nitrogen and oxygen atoms in total. The Hall–Kier alpha value is -2.20. The van der Waals surface area contributed by atoms with Crippen LogP contribution in [0.2, 0.25) is 0 Å². The van der Waals surface area contributed by atoms with Gasteiger partial charge in [-0.15, -0.1) is 0 Å². The van der Waals surface area contributed by atoms with Crippen LogP contribution >= 0.6 is 0 Å². The van der Waals surface area contributed by atoms with Crippen LogP contribution in [0.4, 0.5) is 0 Å². The fourth-order valence-electron chi connectivity index (χ4n) is 3.97. The Morgan fingerprint density at radius 1 is 1.08 bits per heavy atom. The van der Waals surface area contributed by atoms with Crippen LogP contribution in [0.3, 0.4) is 0 Å². The molecule has 2 atom stereocenters. The summed E-state index contributed by atoms with van der Waals surface area (Å²) >= 11 is 0. The molecule has 2 aromatic rings. The molecule has 1 amide bonds. The largest absolute Gasteiger partial charge is 0.328 e. The van der Waals surface area contributed by atoms with Gasteiger partial charge in [0.25, 0.3) is 5.91 Å². The lowest BCUT2D eigenvalue weighted by molar-refractivity contribution is -0.119. The number of amides is 1. The number of pyridine rings is 1. The molecular formula is C21H25N3O. The van der Waals surface area contributed by atoms with Crippen LogP contribution in [0.1, 0.15) is 24.8 Å². The first kappa shape index (κ1) is 16.3. The molecule has 1 aromatic heterocycles. The fourth-order valence-corrected chi connectivity index (χ4v) is 3.97. The van der Waals surface area contributed by atoms with Gasteiger partial charge in [-0.05, 0) is 61.9 Å². The Morgan fingerprint density at radius 2 is 1.84 bits per heavy atom. The molecule has 0 spiro atoms. The molecule has 2 heterocycles. The highest BCUT2D eigenvalue weighted by atomic mass is 16.1. The second-order valence-electron chi connectivity index (χ2n) is 7.22. The Labute approximate surface area is 148 Å². The summed E-state index contributed by atoms with van der Waals surface area (Å²) in [6, 6.07) is 16.2. The minimum atomic E-state index is 0.0662. The van der Waals surface area contributed by atoms with Crippen LogP contribution in [0.5, 0.6) is 0 Å². The third-order valence-corrected chi connectivity index (χ3v) is 5.48. The van der Waals surface area contributed by atoms with E-state index < -0.39 is 0 Å². The molecular weight excluding hydrogens is 310 g/mol. The minimum Gasteiger partial charge on any atom is -0.328 e. The molecule has 130 valence electrons. The molecule has 1 saturated heterocycles. The monoisotopic (exact) mass is 335 g/mol. The van der Waals surface area contributed by atoms with Crippen LogP contribution < -0.4 is 10.8 Å². The molecule has 1 aromatic carbocycles. The van der Waals surface area contributed by atoms with Crippen LogP contribution in [0.25, 0.3) is 0 Å². The molecule has 1 saturated carbocycles. The van der Waals surface area contributed by atoms with Crippen molar-refractivity contribution in [3.8, 4) is 0 Å². The number of carbonyl (C=O) groups is 1. The lowest BCUT2D eigenvalue weighted by Crippen LogP contribution is -2.29. The van der Waals surface area contributed by atoms with E-state index in [4.69, 9.17) is 0 Å². The van der Waals surface area contributed by atoms with Gasteiger partial charge in [0.05, 0.1) is 0 Å². The van der Waals surface area contributed by atoms with E-state index in [0.717, 1.165) is 31.5 Å². The highest BCUT2D eigenvalue weighted by molar-refractivity contribution is 5.82. The van der Waals surface area contributed by atoms with Gasteiger partial charge in [0.2, 0.25) is 0 Å². The molecule has 4 rings (SSSR count). The zero-order valence-corrected chi connectivity index (χ0v) is 14.5. The first-order valence-corrected chi connectivity index (χ1v) is 9.30. The summed E-state index contributed by atoms with van der Waals surface area (Å²) in [6.45, 7) is 2.92. The van der Waals surface area contributed by atoms with Crippen molar-refractivity contribution in [2.45, 2.75) is 25.8 Å². The number of nitrogens with one attached hydrogen (secondary N) is 1. The van der Waals surface area contributed by atoms with Gasteiger partial charge in [-0.25, -0.2) is 0 Å². The summed E-state index contributed by atoms with van der Waals surface area (Å²) in [4.78, 5) is 17.1. The van der Waals surface area contributed by atoms with E-state index >= 15 is 0 Å². The Kier molecular flexibility index (Phi) is 4.79. The second-order valence-corrected chi connectivity index (χ2v) is 7.22. The summed E-state index contributed by atoms with van der Waals surface area (Å²) in [5, 5.41) is 3.40. The van der Waals surface area contributed by atoms with Gasteiger partial charge in [0, 0.05) is 18.7 Å². The molecule has 0 unspecified atom stereocenters. The van der Waals surface area contributed by atoms with Crippen LogP contribution in [-0.4, -0.2) is 23.6 Å². The number of hydrogen-bond donors (Lipinski definition) is 1. The maximum atomic E-state index is 12.6. The average Bonchev–Trinajstić information content (AvgIpc) is 3.46. The highest BCUT2D eigenvalue weighted by Crippen LogP contribution is 2.47. The van der Waals surface area contributed by atoms with Crippen molar-refractivity contribution in [2.75, 3.05) is 13.1 Å². The normalized spacial score (nSPS) is 24.2. The number of nitrogens with zero attached hydrogens (tertiary/aromatic N) is 2. The number of benzene rings is 1. The van der Waals surface area contributed by atoms with Gasteiger partial charge in [-0.3, -0.25) is 4.79 Å². The predicted molar refractivity (Wildman–Crippen MR) is 97.7 cm³/mol. The third kappa shape index (κ3) is 3.90. The first-order chi connectivity index (χ1) is 12.3. The van der Waals surface area contributed by atoms with Gasteiger partial charge in [-0.1, -0.05) is 36.4 Å². The van der Waals surface area contributed by atoms with Crippen LogP contribution in [-0.2, 0) is 11.3 Å². The molecule has 0 bridgehead atoms. The molecule has 1 aliphatic carbocycles. The summed E-state index contributed by atoms with van der Waals surface area (Å²) in [7, 11) is 0. The third-order valence-electron chi connectivity index (χ3n) is 5.48.